The SMILES string of the molecule is CC(NC(=O)N1CCC(C(=O)Nc2ccccc2)CC1)c1ccccc1Cl. The van der Waals surface area contributed by atoms with E-state index >= 15 is 0 Å². The average molecular weight is 386 g/mol. The van der Waals surface area contributed by atoms with Gasteiger partial charge in [-0.3, -0.25) is 4.79 Å². The van der Waals surface area contributed by atoms with Crippen molar-refractivity contribution in [3.63, 3.8) is 0 Å². The summed E-state index contributed by atoms with van der Waals surface area (Å²) in [6.07, 6.45) is 1.32. The van der Waals surface area contributed by atoms with Crippen molar-refractivity contribution in [1.29, 1.82) is 0 Å². The topological polar surface area (TPSA) is 61.4 Å². The first kappa shape index (κ1) is 19.2. The van der Waals surface area contributed by atoms with Gasteiger partial charge in [-0.05, 0) is 43.5 Å². The largest absolute Gasteiger partial charge is 0.331 e. The van der Waals surface area contributed by atoms with Crippen LogP contribution in [0.5, 0.6) is 0 Å². The summed E-state index contributed by atoms with van der Waals surface area (Å²) in [4.78, 5) is 26.7. The number of amides is 3. The zero-order valence-corrected chi connectivity index (χ0v) is 16.1. The van der Waals surface area contributed by atoms with E-state index in [9.17, 15) is 9.59 Å². The summed E-state index contributed by atoms with van der Waals surface area (Å²) in [7, 11) is 0. The third-order valence-corrected chi connectivity index (χ3v) is 5.25. The smallest absolute Gasteiger partial charge is 0.317 e. The molecule has 1 fully saturated rings. The lowest BCUT2D eigenvalue weighted by molar-refractivity contribution is -0.121. The highest BCUT2D eigenvalue weighted by molar-refractivity contribution is 6.31. The summed E-state index contributed by atoms with van der Waals surface area (Å²) >= 11 is 6.20. The van der Waals surface area contributed by atoms with E-state index < -0.39 is 0 Å². The van der Waals surface area contributed by atoms with Gasteiger partial charge in [0.05, 0.1) is 6.04 Å². The molecule has 0 bridgehead atoms. The molecule has 142 valence electrons. The Balaban J connectivity index is 1.49. The average Bonchev–Trinajstić information content (AvgIpc) is 2.69. The van der Waals surface area contributed by atoms with Crippen molar-refractivity contribution < 1.29 is 9.59 Å². The fourth-order valence-corrected chi connectivity index (χ4v) is 3.59. The van der Waals surface area contributed by atoms with Crippen molar-refractivity contribution in [3.05, 3.63) is 65.2 Å². The van der Waals surface area contributed by atoms with Crippen molar-refractivity contribution in [2.75, 3.05) is 18.4 Å². The van der Waals surface area contributed by atoms with Gasteiger partial charge in [0.1, 0.15) is 0 Å². The van der Waals surface area contributed by atoms with Crippen molar-refractivity contribution in [3.8, 4) is 0 Å². The molecule has 6 heteroatoms. The summed E-state index contributed by atoms with van der Waals surface area (Å²) in [5.41, 5.74) is 1.70. The minimum atomic E-state index is -0.176. The first-order valence-electron chi connectivity index (χ1n) is 9.20. The van der Waals surface area contributed by atoms with Gasteiger partial charge in [0.15, 0.2) is 0 Å². The Morgan fingerprint density at radius 1 is 1.04 bits per heavy atom. The molecule has 27 heavy (non-hydrogen) atoms. The molecule has 1 saturated heterocycles. The molecule has 1 unspecified atom stereocenters. The number of nitrogens with one attached hydrogen (secondary N) is 2. The molecule has 0 saturated carbocycles. The van der Waals surface area contributed by atoms with Crippen LogP contribution in [-0.2, 0) is 4.79 Å². The predicted octanol–water partition coefficient (Wildman–Crippen LogP) is 4.46. The first-order chi connectivity index (χ1) is 13.0. The molecule has 1 aliphatic heterocycles. The highest BCUT2D eigenvalue weighted by Gasteiger charge is 2.28. The van der Waals surface area contributed by atoms with Crippen LogP contribution in [0.25, 0.3) is 0 Å². The van der Waals surface area contributed by atoms with Gasteiger partial charge >= 0.3 is 6.03 Å². The van der Waals surface area contributed by atoms with E-state index in [1.807, 2.05) is 61.5 Å². The highest BCUT2D eigenvalue weighted by Crippen LogP contribution is 2.23. The number of nitrogens with zero attached hydrogens (tertiary/aromatic N) is 1. The van der Waals surface area contributed by atoms with Gasteiger partial charge in [0.2, 0.25) is 5.91 Å². The van der Waals surface area contributed by atoms with Gasteiger partial charge in [0.25, 0.3) is 0 Å². The molecule has 3 amide bonds. The number of rotatable bonds is 4. The molecule has 2 aromatic rings. The van der Waals surface area contributed by atoms with Crippen LogP contribution < -0.4 is 10.6 Å². The normalized spacial score (nSPS) is 15.9. The molecule has 0 aliphatic carbocycles. The number of anilines is 1. The second-order valence-electron chi connectivity index (χ2n) is 6.81. The van der Waals surface area contributed by atoms with Crippen LogP contribution in [0, 0.1) is 5.92 Å². The van der Waals surface area contributed by atoms with Crippen LogP contribution >= 0.6 is 11.6 Å². The van der Waals surface area contributed by atoms with E-state index in [0.717, 1.165) is 11.3 Å². The maximum Gasteiger partial charge on any atom is 0.317 e. The third-order valence-electron chi connectivity index (χ3n) is 4.91. The summed E-state index contributed by atoms with van der Waals surface area (Å²) in [6, 6.07) is 16.6. The number of hydrogen-bond acceptors (Lipinski definition) is 2. The molecule has 3 rings (SSSR count). The van der Waals surface area contributed by atoms with Gasteiger partial charge in [-0.15, -0.1) is 0 Å². The maximum atomic E-state index is 12.5. The lowest BCUT2D eigenvalue weighted by Crippen LogP contribution is -2.46. The van der Waals surface area contributed by atoms with Crippen LogP contribution in [0.2, 0.25) is 5.02 Å². The van der Waals surface area contributed by atoms with E-state index in [2.05, 4.69) is 10.6 Å². The Labute approximate surface area is 164 Å². The van der Waals surface area contributed by atoms with Gasteiger partial charge in [-0.1, -0.05) is 48.0 Å². The van der Waals surface area contributed by atoms with E-state index in [0.29, 0.717) is 31.0 Å². The number of carbonyl (C=O) groups excluding carboxylic acids is 2. The molecule has 1 heterocycles. The standard InChI is InChI=1S/C21H24ClN3O2/c1-15(18-9-5-6-10-19(18)22)23-21(27)25-13-11-16(12-14-25)20(26)24-17-7-3-2-4-8-17/h2-10,15-16H,11-14H2,1H3,(H,23,27)(H,24,26). The molecule has 1 atom stereocenters. The van der Waals surface area contributed by atoms with Crippen LogP contribution in [0.1, 0.15) is 31.4 Å². The van der Waals surface area contributed by atoms with Crippen LogP contribution in [-0.4, -0.2) is 29.9 Å². The first-order valence-corrected chi connectivity index (χ1v) is 9.58. The van der Waals surface area contributed by atoms with E-state index in [1.54, 1.807) is 4.90 Å². The number of likely N-dealkylation sites (tertiary alicyclic amines) is 1. The van der Waals surface area contributed by atoms with E-state index in [4.69, 9.17) is 11.6 Å². The molecule has 0 aromatic heterocycles. The molecule has 2 N–H and O–H groups in total. The Morgan fingerprint density at radius 2 is 1.67 bits per heavy atom. The molecular weight excluding hydrogens is 362 g/mol. The van der Waals surface area contributed by atoms with Crippen molar-refractivity contribution in [2.24, 2.45) is 5.92 Å². The van der Waals surface area contributed by atoms with Crippen molar-refractivity contribution in [2.45, 2.75) is 25.8 Å². The van der Waals surface area contributed by atoms with Gasteiger partial charge < -0.3 is 15.5 Å². The number of carbonyl (C=O) groups is 2. The zero-order chi connectivity index (χ0) is 19.2. The molecule has 0 radical (unpaired) electrons. The number of piperidine rings is 1. The fraction of sp³-hybridized carbons (Fsp3) is 0.333. The van der Waals surface area contributed by atoms with Crippen LogP contribution in [0.4, 0.5) is 10.5 Å². The van der Waals surface area contributed by atoms with Gasteiger partial charge in [-0.25, -0.2) is 4.79 Å². The zero-order valence-electron chi connectivity index (χ0n) is 15.3. The van der Waals surface area contributed by atoms with Gasteiger partial charge in [-0.2, -0.15) is 0 Å². The minimum Gasteiger partial charge on any atom is -0.331 e. The predicted molar refractivity (Wildman–Crippen MR) is 108 cm³/mol. The summed E-state index contributed by atoms with van der Waals surface area (Å²) in [5, 5.41) is 6.58. The highest BCUT2D eigenvalue weighted by atomic mass is 35.5. The monoisotopic (exact) mass is 385 g/mol. The van der Waals surface area contributed by atoms with E-state index in [-0.39, 0.29) is 23.9 Å². The second kappa shape index (κ2) is 8.91. The minimum absolute atomic E-state index is 0.0192. The Hall–Kier alpha value is -2.53. The Kier molecular flexibility index (Phi) is 6.35. The molecule has 1 aliphatic rings. The van der Waals surface area contributed by atoms with Crippen molar-refractivity contribution in [1.82, 2.24) is 10.2 Å². The van der Waals surface area contributed by atoms with Crippen LogP contribution in [0.15, 0.2) is 54.6 Å². The quantitative estimate of drug-likeness (QED) is 0.816. The number of halogens is 1. The summed E-state index contributed by atoms with van der Waals surface area (Å²) in [5.74, 6) is -0.0547. The maximum absolute atomic E-state index is 12.5. The Bertz CT molecular complexity index is 789. The molecule has 0 spiro atoms. The van der Waals surface area contributed by atoms with E-state index in [1.165, 1.54) is 0 Å². The van der Waals surface area contributed by atoms with Crippen molar-refractivity contribution >= 4 is 29.2 Å². The number of para-hydroxylation sites is 1. The number of urea groups is 1. The molecule has 5 nitrogen and oxygen atoms in total. The summed E-state index contributed by atoms with van der Waals surface area (Å²) in [6.45, 7) is 3.04. The summed E-state index contributed by atoms with van der Waals surface area (Å²) < 4.78 is 0. The Morgan fingerprint density at radius 3 is 2.33 bits per heavy atom. The lowest BCUT2D eigenvalue weighted by Gasteiger charge is -2.32. The van der Waals surface area contributed by atoms with Gasteiger partial charge in [0, 0.05) is 29.7 Å². The second-order valence-corrected chi connectivity index (χ2v) is 7.22. The number of hydrogen-bond donors (Lipinski definition) is 2. The lowest BCUT2D eigenvalue weighted by atomic mass is 9.96. The fourth-order valence-electron chi connectivity index (χ4n) is 3.29. The molecule has 2 aromatic carbocycles. The molecular formula is C21H24ClN3O2. The van der Waals surface area contributed by atoms with Crippen LogP contribution in [0.3, 0.4) is 0 Å². The third kappa shape index (κ3) is 5.01. The number of benzene rings is 2.